The zero-order valence-electron chi connectivity index (χ0n) is 10.5. The molecule has 0 aliphatic heterocycles. The molecule has 4 N–H and O–H groups in total. The lowest BCUT2D eigenvalue weighted by Gasteiger charge is -2.09. The third-order valence-corrected chi connectivity index (χ3v) is 2.74. The molecule has 96 valence electrons. The monoisotopic (exact) mass is 247 g/mol. The molecule has 1 aromatic carbocycles. The van der Waals surface area contributed by atoms with Crippen LogP contribution in [0.5, 0.6) is 5.75 Å². The van der Waals surface area contributed by atoms with Crippen molar-refractivity contribution < 1.29 is 9.30 Å². The summed E-state index contributed by atoms with van der Waals surface area (Å²) < 4.78 is 9.75. The first-order valence-corrected chi connectivity index (χ1v) is 5.94. The van der Waals surface area contributed by atoms with Gasteiger partial charge in [-0.05, 0) is 12.1 Å². The van der Waals surface area contributed by atoms with Crippen LogP contribution >= 0.6 is 0 Å². The molecule has 0 saturated heterocycles. The van der Waals surface area contributed by atoms with Crippen molar-refractivity contribution in [3.05, 3.63) is 36.9 Å². The van der Waals surface area contributed by atoms with E-state index in [1.165, 1.54) is 0 Å². The number of ether oxygens (including phenoxy) is 1. The summed E-state index contributed by atoms with van der Waals surface area (Å²) in [6.07, 6.45) is 7.00. The van der Waals surface area contributed by atoms with Gasteiger partial charge in [0.1, 0.15) is 18.1 Å². The van der Waals surface area contributed by atoms with Crippen molar-refractivity contribution in [1.29, 1.82) is 0 Å². The lowest BCUT2D eigenvalue weighted by molar-refractivity contribution is -0.671. The van der Waals surface area contributed by atoms with Crippen LogP contribution in [0.1, 0.15) is 6.42 Å². The highest BCUT2D eigenvalue weighted by Crippen LogP contribution is 2.26. The molecular weight excluding hydrogens is 228 g/mol. The minimum Gasteiger partial charge on any atom is -0.491 e. The van der Waals surface area contributed by atoms with Crippen LogP contribution in [-0.4, -0.2) is 11.2 Å². The lowest BCUT2D eigenvalue weighted by atomic mass is 10.2. The smallest absolute Gasteiger partial charge is 0.243 e. The summed E-state index contributed by atoms with van der Waals surface area (Å²) in [5.74, 6) is 0.660. The van der Waals surface area contributed by atoms with Crippen molar-refractivity contribution in [3.63, 3.8) is 0 Å². The van der Waals surface area contributed by atoms with Crippen LogP contribution in [0.3, 0.4) is 0 Å². The number of nitrogen functional groups attached to an aromatic ring is 2. The number of nitrogens with two attached hydrogens (primary N) is 2. The van der Waals surface area contributed by atoms with Crippen molar-refractivity contribution in [2.45, 2.75) is 13.0 Å². The van der Waals surface area contributed by atoms with E-state index in [-0.39, 0.29) is 0 Å². The van der Waals surface area contributed by atoms with E-state index < -0.39 is 0 Å². The Balaban J connectivity index is 1.80. The highest BCUT2D eigenvalue weighted by atomic mass is 16.5. The number of aromatic nitrogens is 2. The second kappa shape index (κ2) is 5.44. The molecule has 0 aliphatic rings. The number of hydrogen-bond donors (Lipinski definition) is 2. The highest BCUT2D eigenvalue weighted by Gasteiger charge is 2.04. The van der Waals surface area contributed by atoms with Gasteiger partial charge in [0.2, 0.25) is 6.33 Å². The standard InChI is InChI=1S/C13H19N4O/c1-16-7-8-17(10-16)6-3-9-18-12-5-2-4-11(14)13(12)15/h2,4-5,7-8,10H,3,6,9,14-15H2,1H3/q+1. The Morgan fingerprint density at radius 2 is 2.17 bits per heavy atom. The van der Waals surface area contributed by atoms with Gasteiger partial charge < -0.3 is 16.2 Å². The third kappa shape index (κ3) is 2.94. The van der Waals surface area contributed by atoms with E-state index in [0.29, 0.717) is 23.7 Å². The Morgan fingerprint density at radius 1 is 1.33 bits per heavy atom. The van der Waals surface area contributed by atoms with Gasteiger partial charge in [0.15, 0.2) is 0 Å². The number of anilines is 2. The predicted molar refractivity (Wildman–Crippen MR) is 71.0 cm³/mol. The second-order valence-corrected chi connectivity index (χ2v) is 4.28. The topological polar surface area (TPSA) is 70.1 Å². The molecule has 2 aromatic rings. The predicted octanol–water partition coefficient (Wildman–Crippen LogP) is 0.946. The maximum absolute atomic E-state index is 5.82. The fourth-order valence-corrected chi connectivity index (χ4v) is 1.75. The zero-order valence-corrected chi connectivity index (χ0v) is 10.5. The first-order chi connectivity index (χ1) is 8.66. The minimum absolute atomic E-state index is 0.518. The van der Waals surface area contributed by atoms with Gasteiger partial charge >= 0.3 is 0 Å². The van der Waals surface area contributed by atoms with Gasteiger partial charge in [0.25, 0.3) is 0 Å². The molecule has 0 saturated carbocycles. The van der Waals surface area contributed by atoms with E-state index >= 15 is 0 Å². The molecule has 0 bridgehead atoms. The van der Waals surface area contributed by atoms with Gasteiger partial charge in [-0.15, -0.1) is 0 Å². The molecule has 0 aliphatic carbocycles. The van der Waals surface area contributed by atoms with Crippen LogP contribution in [0.2, 0.25) is 0 Å². The van der Waals surface area contributed by atoms with E-state index in [1.807, 2.05) is 42.5 Å². The number of imidazole rings is 1. The van der Waals surface area contributed by atoms with Crippen LogP contribution in [0.15, 0.2) is 36.9 Å². The maximum atomic E-state index is 5.82. The van der Waals surface area contributed by atoms with Crippen molar-refractivity contribution in [2.75, 3.05) is 18.1 Å². The molecule has 18 heavy (non-hydrogen) atoms. The molecule has 0 spiro atoms. The summed E-state index contributed by atoms with van der Waals surface area (Å²) in [4.78, 5) is 0. The van der Waals surface area contributed by atoms with Crippen molar-refractivity contribution in [3.8, 4) is 5.75 Å². The van der Waals surface area contributed by atoms with Gasteiger partial charge in [-0.2, -0.15) is 0 Å². The SMILES string of the molecule is C[n+]1ccn(CCCOc2cccc(N)c2N)c1. The van der Waals surface area contributed by atoms with Crippen molar-refractivity contribution in [1.82, 2.24) is 4.57 Å². The zero-order chi connectivity index (χ0) is 13.0. The Hall–Kier alpha value is -2.17. The van der Waals surface area contributed by atoms with Crippen LogP contribution in [0.25, 0.3) is 0 Å². The van der Waals surface area contributed by atoms with Crippen molar-refractivity contribution >= 4 is 11.4 Å². The summed E-state index contributed by atoms with van der Waals surface area (Å²) in [5.41, 5.74) is 12.6. The minimum atomic E-state index is 0.518. The van der Waals surface area contributed by atoms with E-state index in [9.17, 15) is 0 Å². The quantitative estimate of drug-likeness (QED) is 0.469. The molecule has 0 amide bonds. The summed E-state index contributed by atoms with van der Waals surface area (Å²) in [7, 11) is 2.00. The molecule has 0 atom stereocenters. The number of rotatable bonds is 5. The maximum Gasteiger partial charge on any atom is 0.243 e. The normalized spacial score (nSPS) is 10.5. The Labute approximate surface area is 107 Å². The largest absolute Gasteiger partial charge is 0.491 e. The van der Waals surface area contributed by atoms with Gasteiger partial charge in [0, 0.05) is 6.42 Å². The first kappa shape index (κ1) is 12.3. The molecule has 0 radical (unpaired) electrons. The number of benzene rings is 1. The molecule has 1 heterocycles. The van der Waals surface area contributed by atoms with Gasteiger partial charge in [0.05, 0.1) is 31.6 Å². The van der Waals surface area contributed by atoms with E-state index in [2.05, 4.69) is 4.57 Å². The fraction of sp³-hybridized carbons (Fsp3) is 0.308. The van der Waals surface area contributed by atoms with Crippen LogP contribution in [0.4, 0.5) is 11.4 Å². The van der Waals surface area contributed by atoms with Gasteiger partial charge in [-0.3, -0.25) is 0 Å². The summed E-state index contributed by atoms with van der Waals surface area (Å²) in [6, 6.07) is 5.44. The van der Waals surface area contributed by atoms with Crippen LogP contribution < -0.4 is 20.8 Å². The van der Waals surface area contributed by atoms with Gasteiger partial charge in [-0.25, -0.2) is 9.13 Å². The van der Waals surface area contributed by atoms with E-state index in [1.54, 1.807) is 6.07 Å². The summed E-state index contributed by atoms with van der Waals surface area (Å²) in [5, 5.41) is 0. The van der Waals surface area contributed by atoms with Crippen LogP contribution in [-0.2, 0) is 13.6 Å². The molecule has 0 fully saturated rings. The molecule has 5 nitrogen and oxygen atoms in total. The number of nitrogens with zero attached hydrogens (tertiary/aromatic N) is 2. The van der Waals surface area contributed by atoms with Crippen LogP contribution in [0, 0.1) is 0 Å². The first-order valence-electron chi connectivity index (χ1n) is 5.94. The average molecular weight is 247 g/mol. The Kier molecular flexibility index (Phi) is 3.72. The van der Waals surface area contributed by atoms with E-state index in [0.717, 1.165) is 13.0 Å². The highest BCUT2D eigenvalue weighted by molar-refractivity contribution is 5.70. The second-order valence-electron chi connectivity index (χ2n) is 4.28. The van der Waals surface area contributed by atoms with E-state index in [4.69, 9.17) is 16.2 Å². The molecule has 1 aromatic heterocycles. The Morgan fingerprint density at radius 3 is 2.89 bits per heavy atom. The summed E-state index contributed by atoms with van der Waals surface area (Å²) in [6.45, 7) is 1.54. The van der Waals surface area contributed by atoms with Gasteiger partial charge in [-0.1, -0.05) is 6.07 Å². The molecule has 2 rings (SSSR count). The number of hydrogen-bond acceptors (Lipinski definition) is 3. The molecule has 0 unspecified atom stereocenters. The third-order valence-electron chi connectivity index (χ3n) is 2.74. The molecular formula is C13H19N4O+. The average Bonchev–Trinajstić information content (AvgIpc) is 2.76. The number of aryl methyl sites for hydroxylation is 2. The number of para-hydroxylation sites is 1. The summed E-state index contributed by atoms with van der Waals surface area (Å²) >= 11 is 0. The molecule has 5 heteroatoms. The van der Waals surface area contributed by atoms with Crippen molar-refractivity contribution in [2.24, 2.45) is 7.05 Å². The fourth-order valence-electron chi connectivity index (χ4n) is 1.75. The Bertz CT molecular complexity index is 521. The lowest BCUT2D eigenvalue weighted by Crippen LogP contribution is -2.23.